The fraction of sp³-hybridized carbons (Fsp3) is 0.818. The number of aliphatic carboxylic acids is 1. The predicted molar refractivity (Wildman–Crippen MR) is 61.7 cm³/mol. The fourth-order valence-corrected chi connectivity index (χ4v) is 2.46. The molecule has 0 unspecified atom stereocenters. The summed E-state index contributed by atoms with van der Waals surface area (Å²) in [5.74, 6) is 0.0596. The van der Waals surface area contributed by atoms with E-state index in [0.29, 0.717) is 6.04 Å². The molecule has 3 rings (SSSR count). The van der Waals surface area contributed by atoms with Gasteiger partial charge in [-0.15, -0.1) is 5.10 Å². The lowest BCUT2D eigenvalue weighted by atomic mass is 9.97. The first kappa shape index (κ1) is 11.6. The maximum atomic E-state index is 10.9. The second-order valence-electron chi connectivity index (χ2n) is 5.16. The molecule has 0 aromatic carbocycles. The standard InChI is InChI=1S/C11H17N5O2/c17-11(18)8-3-5-15(6-4-8)7-10-12-13-14-16(10)9-1-2-9/h8-9H,1-7H2,(H,17,18). The molecular weight excluding hydrogens is 234 g/mol. The summed E-state index contributed by atoms with van der Waals surface area (Å²) >= 11 is 0. The zero-order chi connectivity index (χ0) is 12.5. The van der Waals surface area contributed by atoms with Crippen molar-refractivity contribution < 1.29 is 9.90 Å². The number of rotatable bonds is 4. The molecule has 1 aromatic rings. The summed E-state index contributed by atoms with van der Waals surface area (Å²) in [5.41, 5.74) is 0. The molecule has 1 aliphatic carbocycles. The summed E-state index contributed by atoms with van der Waals surface area (Å²) in [6.45, 7) is 2.36. The van der Waals surface area contributed by atoms with Crippen LogP contribution >= 0.6 is 0 Å². The highest BCUT2D eigenvalue weighted by atomic mass is 16.4. The van der Waals surface area contributed by atoms with Gasteiger partial charge < -0.3 is 5.11 Å². The van der Waals surface area contributed by atoms with E-state index in [4.69, 9.17) is 5.11 Å². The second kappa shape index (κ2) is 4.64. The average molecular weight is 251 g/mol. The first-order chi connectivity index (χ1) is 8.74. The molecule has 2 aliphatic rings. The Hall–Kier alpha value is -1.50. The van der Waals surface area contributed by atoms with Gasteiger partial charge in [-0.1, -0.05) is 0 Å². The van der Waals surface area contributed by atoms with Gasteiger partial charge in [-0.05, 0) is 49.2 Å². The van der Waals surface area contributed by atoms with Crippen LogP contribution in [0.1, 0.15) is 37.5 Å². The van der Waals surface area contributed by atoms with E-state index in [0.717, 1.165) is 38.3 Å². The highest BCUT2D eigenvalue weighted by Gasteiger charge is 2.29. The van der Waals surface area contributed by atoms with Crippen LogP contribution in [0.2, 0.25) is 0 Å². The number of carboxylic acids is 1. The van der Waals surface area contributed by atoms with Crippen molar-refractivity contribution in [3.63, 3.8) is 0 Å². The van der Waals surface area contributed by atoms with Crippen molar-refractivity contribution in [3.05, 3.63) is 5.82 Å². The Kier molecular flexibility index (Phi) is 2.99. The number of carboxylic acid groups (broad SMARTS) is 1. The van der Waals surface area contributed by atoms with E-state index in [1.54, 1.807) is 0 Å². The van der Waals surface area contributed by atoms with Crippen LogP contribution in [0.5, 0.6) is 0 Å². The van der Waals surface area contributed by atoms with Crippen molar-refractivity contribution >= 4 is 5.97 Å². The molecule has 7 nitrogen and oxygen atoms in total. The van der Waals surface area contributed by atoms with E-state index >= 15 is 0 Å². The molecule has 18 heavy (non-hydrogen) atoms. The number of hydrogen-bond acceptors (Lipinski definition) is 5. The molecule has 0 radical (unpaired) electrons. The highest BCUT2D eigenvalue weighted by Crippen LogP contribution is 2.34. The van der Waals surface area contributed by atoms with Crippen LogP contribution in [-0.4, -0.2) is 49.3 Å². The van der Waals surface area contributed by atoms with Gasteiger partial charge in [0.25, 0.3) is 0 Å². The van der Waals surface area contributed by atoms with Crippen LogP contribution < -0.4 is 0 Å². The van der Waals surface area contributed by atoms with Crippen LogP contribution in [0.3, 0.4) is 0 Å². The SMILES string of the molecule is O=C(O)C1CCN(Cc2nnnn2C2CC2)CC1. The number of aromatic nitrogens is 4. The number of hydrogen-bond donors (Lipinski definition) is 1. The van der Waals surface area contributed by atoms with Gasteiger partial charge >= 0.3 is 5.97 Å². The maximum absolute atomic E-state index is 10.9. The van der Waals surface area contributed by atoms with Crippen molar-refractivity contribution in [2.24, 2.45) is 5.92 Å². The summed E-state index contributed by atoms with van der Waals surface area (Å²) in [5, 5.41) is 20.8. The largest absolute Gasteiger partial charge is 0.481 e. The molecule has 1 aromatic heterocycles. The average Bonchev–Trinajstić information content (AvgIpc) is 3.11. The first-order valence-electron chi connectivity index (χ1n) is 6.46. The summed E-state index contributed by atoms with van der Waals surface area (Å²) in [7, 11) is 0. The van der Waals surface area contributed by atoms with Crippen LogP contribution in [0.25, 0.3) is 0 Å². The lowest BCUT2D eigenvalue weighted by molar-refractivity contribution is -0.143. The summed E-state index contributed by atoms with van der Waals surface area (Å²) in [6.07, 6.45) is 3.78. The minimum atomic E-state index is -0.669. The monoisotopic (exact) mass is 251 g/mol. The number of piperidine rings is 1. The smallest absolute Gasteiger partial charge is 0.306 e. The number of nitrogens with zero attached hydrogens (tertiary/aromatic N) is 5. The van der Waals surface area contributed by atoms with Crippen LogP contribution in [0.15, 0.2) is 0 Å². The van der Waals surface area contributed by atoms with E-state index in [1.165, 1.54) is 12.8 Å². The zero-order valence-corrected chi connectivity index (χ0v) is 10.2. The number of tetrazole rings is 1. The molecule has 0 amide bonds. The zero-order valence-electron chi connectivity index (χ0n) is 10.2. The van der Waals surface area contributed by atoms with E-state index in [-0.39, 0.29) is 5.92 Å². The highest BCUT2D eigenvalue weighted by molar-refractivity contribution is 5.70. The Bertz CT molecular complexity index is 434. The molecule has 1 N–H and O–H groups in total. The Morgan fingerprint density at radius 2 is 2.00 bits per heavy atom. The van der Waals surface area contributed by atoms with Crippen LogP contribution in [0, 0.1) is 5.92 Å². The Balaban J connectivity index is 1.57. The summed E-state index contributed by atoms with van der Waals surface area (Å²) in [4.78, 5) is 13.1. The number of likely N-dealkylation sites (tertiary alicyclic amines) is 1. The maximum Gasteiger partial charge on any atom is 0.306 e. The van der Waals surface area contributed by atoms with E-state index in [2.05, 4.69) is 20.4 Å². The third kappa shape index (κ3) is 2.35. The Morgan fingerprint density at radius 1 is 1.28 bits per heavy atom. The van der Waals surface area contributed by atoms with Crippen molar-refractivity contribution in [2.45, 2.75) is 38.3 Å². The Labute approximate surface area is 105 Å². The van der Waals surface area contributed by atoms with Gasteiger partial charge in [-0.3, -0.25) is 9.69 Å². The van der Waals surface area contributed by atoms with Gasteiger partial charge in [0.05, 0.1) is 18.5 Å². The van der Waals surface area contributed by atoms with Crippen molar-refractivity contribution in [3.8, 4) is 0 Å². The third-order valence-electron chi connectivity index (χ3n) is 3.76. The van der Waals surface area contributed by atoms with E-state index in [1.807, 2.05) is 4.68 Å². The molecule has 2 heterocycles. The summed E-state index contributed by atoms with van der Waals surface area (Å²) < 4.78 is 1.92. The third-order valence-corrected chi connectivity index (χ3v) is 3.76. The molecule has 0 spiro atoms. The molecule has 0 bridgehead atoms. The molecule has 7 heteroatoms. The number of carbonyl (C=O) groups is 1. The molecule has 1 saturated heterocycles. The van der Waals surface area contributed by atoms with E-state index in [9.17, 15) is 4.79 Å². The van der Waals surface area contributed by atoms with Gasteiger partial charge in [0, 0.05) is 0 Å². The van der Waals surface area contributed by atoms with Gasteiger partial charge in [-0.25, -0.2) is 4.68 Å². The quantitative estimate of drug-likeness (QED) is 0.828. The predicted octanol–water partition coefficient (Wildman–Crippen LogP) is 0.305. The second-order valence-corrected chi connectivity index (χ2v) is 5.16. The first-order valence-corrected chi connectivity index (χ1v) is 6.46. The van der Waals surface area contributed by atoms with Crippen LogP contribution in [-0.2, 0) is 11.3 Å². The molecule has 98 valence electrons. The van der Waals surface area contributed by atoms with Crippen molar-refractivity contribution in [1.29, 1.82) is 0 Å². The van der Waals surface area contributed by atoms with Gasteiger partial charge in [0.15, 0.2) is 5.82 Å². The van der Waals surface area contributed by atoms with E-state index < -0.39 is 5.97 Å². The minimum Gasteiger partial charge on any atom is -0.481 e. The Morgan fingerprint density at radius 3 is 2.61 bits per heavy atom. The lowest BCUT2D eigenvalue weighted by Gasteiger charge is -2.29. The summed E-state index contributed by atoms with van der Waals surface area (Å²) in [6, 6.07) is 0.492. The fourth-order valence-electron chi connectivity index (χ4n) is 2.46. The van der Waals surface area contributed by atoms with Crippen LogP contribution in [0.4, 0.5) is 0 Å². The van der Waals surface area contributed by atoms with Gasteiger partial charge in [0.2, 0.25) is 0 Å². The molecular formula is C11H17N5O2. The van der Waals surface area contributed by atoms with Crippen molar-refractivity contribution in [2.75, 3.05) is 13.1 Å². The molecule has 1 aliphatic heterocycles. The van der Waals surface area contributed by atoms with Crippen molar-refractivity contribution in [1.82, 2.24) is 25.1 Å². The molecule has 1 saturated carbocycles. The lowest BCUT2D eigenvalue weighted by Crippen LogP contribution is -2.36. The van der Waals surface area contributed by atoms with Gasteiger partial charge in [-0.2, -0.15) is 0 Å². The van der Waals surface area contributed by atoms with Gasteiger partial charge in [0.1, 0.15) is 0 Å². The molecule has 2 fully saturated rings. The minimum absolute atomic E-state index is 0.180. The topological polar surface area (TPSA) is 84.1 Å². The molecule has 0 atom stereocenters. The normalized spacial score (nSPS) is 22.2.